The molecular weight excluding hydrogens is 296 g/mol. The number of hydrogen-bond donors (Lipinski definition) is 0. The number of carbonyl (C=O) groups is 2. The molecule has 1 aliphatic heterocycles. The van der Waals surface area contributed by atoms with Crippen LogP contribution in [-0.4, -0.2) is 41.2 Å². The SMILES string of the molecule is O=C(CCN(Cc1ccco1)C(=O)c1ccoc1)N1CCCC1. The molecule has 23 heavy (non-hydrogen) atoms. The first-order chi connectivity index (χ1) is 11.2. The van der Waals surface area contributed by atoms with Crippen LogP contribution < -0.4 is 0 Å². The molecule has 0 aliphatic carbocycles. The van der Waals surface area contributed by atoms with E-state index >= 15 is 0 Å². The van der Waals surface area contributed by atoms with Gasteiger partial charge < -0.3 is 18.6 Å². The van der Waals surface area contributed by atoms with Gasteiger partial charge in [-0.2, -0.15) is 0 Å². The van der Waals surface area contributed by atoms with Gasteiger partial charge in [-0.3, -0.25) is 9.59 Å². The quantitative estimate of drug-likeness (QED) is 0.821. The Labute approximate surface area is 134 Å². The van der Waals surface area contributed by atoms with Gasteiger partial charge in [0.1, 0.15) is 12.0 Å². The molecule has 2 aromatic rings. The van der Waals surface area contributed by atoms with Crippen molar-refractivity contribution in [3.05, 3.63) is 48.3 Å². The van der Waals surface area contributed by atoms with E-state index < -0.39 is 0 Å². The Bertz CT molecular complexity index is 628. The monoisotopic (exact) mass is 316 g/mol. The van der Waals surface area contributed by atoms with Gasteiger partial charge in [0.2, 0.25) is 5.91 Å². The highest BCUT2D eigenvalue weighted by molar-refractivity contribution is 5.94. The van der Waals surface area contributed by atoms with Gasteiger partial charge >= 0.3 is 0 Å². The number of furan rings is 2. The molecule has 6 nitrogen and oxygen atoms in total. The first-order valence-electron chi connectivity index (χ1n) is 7.85. The molecular formula is C17H20N2O4. The molecule has 0 aromatic carbocycles. The minimum Gasteiger partial charge on any atom is -0.472 e. The van der Waals surface area contributed by atoms with Crippen LogP contribution in [0.15, 0.2) is 45.8 Å². The van der Waals surface area contributed by atoms with Crippen molar-refractivity contribution in [3.63, 3.8) is 0 Å². The van der Waals surface area contributed by atoms with Crippen molar-refractivity contribution in [1.82, 2.24) is 9.80 Å². The van der Waals surface area contributed by atoms with E-state index in [4.69, 9.17) is 8.83 Å². The predicted octanol–water partition coefficient (Wildman–Crippen LogP) is 2.53. The van der Waals surface area contributed by atoms with Crippen molar-refractivity contribution in [3.8, 4) is 0 Å². The number of amides is 2. The maximum absolute atomic E-state index is 12.6. The summed E-state index contributed by atoms with van der Waals surface area (Å²) >= 11 is 0. The largest absolute Gasteiger partial charge is 0.472 e. The summed E-state index contributed by atoms with van der Waals surface area (Å²) in [7, 11) is 0. The van der Waals surface area contributed by atoms with Crippen LogP contribution in [0.1, 0.15) is 35.4 Å². The second-order valence-corrected chi connectivity index (χ2v) is 5.66. The third-order valence-corrected chi connectivity index (χ3v) is 4.04. The van der Waals surface area contributed by atoms with Gasteiger partial charge in [-0.05, 0) is 31.0 Å². The molecule has 2 amide bonds. The lowest BCUT2D eigenvalue weighted by atomic mass is 10.2. The number of nitrogens with zero attached hydrogens (tertiary/aromatic N) is 2. The summed E-state index contributed by atoms with van der Waals surface area (Å²) in [6.07, 6.45) is 6.91. The summed E-state index contributed by atoms with van der Waals surface area (Å²) < 4.78 is 10.3. The van der Waals surface area contributed by atoms with Crippen LogP contribution in [0, 0.1) is 0 Å². The second kappa shape index (κ2) is 7.17. The fourth-order valence-electron chi connectivity index (χ4n) is 2.77. The Hall–Kier alpha value is -2.50. The summed E-state index contributed by atoms with van der Waals surface area (Å²) in [5, 5.41) is 0. The molecule has 122 valence electrons. The van der Waals surface area contributed by atoms with E-state index in [1.807, 2.05) is 11.0 Å². The first kappa shape index (κ1) is 15.4. The van der Waals surface area contributed by atoms with Gasteiger partial charge in [0, 0.05) is 26.1 Å². The van der Waals surface area contributed by atoms with Gasteiger partial charge in [-0.15, -0.1) is 0 Å². The molecule has 1 aliphatic rings. The molecule has 1 saturated heterocycles. The van der Waals surface area contributed by atoms with Crippen molar-refractivity contribution in [1.29, 1.82) is 0 Å². The van der Waals surface area contributed by atoms with Crippen LogP contribution in [0.4, 0.5) is 0 Å². The molecule has 0 atom stereocenters. The van der Waals surface area contributed by atoms with Crippen LogP contribution in [0.3, 0.4) is 0 Å². The Morgan fingerprint density at radius 3 is 2.65 bits per heavy atom. The second-order valence-electron chi connectivity index (χ2n) is 5.66. The molecule has 6 heteroatoms. The van der Waals surface area contributed by atoms with E-state index in [1.165, 1.54) is 12.5 Å². The smallest absolute Gasteiger partial charge is 0.257 e. The van der Waals surface area contributed by atoms with Crippen LogP contribution in [0.2, 0.25) is 0 Å². The standard InChI is InChI=1S/C17H20N2O4/c20-16(18-7-1-2-8-18)5-9-19(12-15-4-3-10-23-15)17(21)14-6-11-22-13-14/h3-4,6,10-11,13H,1-2,5,7-9,12H2. The molecule has 0 bridgehead atoms. The van der Waals surface area contributed by atoms with E-state index in [9.17, 15) is 9.59 Å². The van der Waals surface area contributed by atoms with Crippen LogP contribution in [0.5, 0.6) is 0 Å². The van der Waals surface area contributed by atoms with E-state index in [1.54, 1.807) is 23.3 Å². The van der Waals surface area contributed by atoms with Gasteiger partial charge in [0.25, 0.3) is 5.91 Å². The van der Waals surface area contributed by atoms with E-state index in [0.717, 1.165) is 25.9 Å². The molecule has 2 aromatic heterocycles. The molecule has 0 saturated carbocycles. The number of carbonyl (C=O) groups excluding carboxylic acids is 2. The van der Waals surface area contributed by atoms with Gasteiger partial charge in [-0.1, -0.05) is 0 Å². The Kier molecular flexibility index (Phi) is 4.80. The van der Waals surface area contributed by atoms with Crippen molar-refractivity contribution in [2.24, 2.45) is 0 Å². The molecule has 3 rings (SSSR count). The normalized spacial score (nSPS) is 14.2. The van der Waals surface area contributed by atoms with Gasteiger partial charge in [0.05, 0.1) is 24.6 Å². The maximum Gasteiger partial charge on any atom is 0.257 e. The minimum atomic E-state index is -0.163. The lowest BCUT2D eigenvalue weighted by molar-refractivity contribution is -0.130. The molecule has 0 spiro atoms. The topological polar surface area (TPSA) is 66.9 Å². The Morgan fingerprint density at radius 1 is 1.17 bits per heavy atom. The van der Waals surface area contributed by atoms with Crippen molar-refractivity contribution in [2.75, 3.05) is 19.6 Å². The van der Waals surface area contributed by atoms with Gasteiger partial charge in [0.15, 0.2) is 0 Å². The first-order valence-corrected chi connectivity index (χ1v) is 7.85. The average Bonchev–Trinajstić information content (AvgIpc) is 3.33. The van der Waals surface area contributed by atoms with E-state index in [-0.39, 0.29) is 11.8 Å². The summed E-state index contributed by atoms with van der Waals surface area (Å²) in [6, 6.07) is 5.23. The zero-order valence-electron chi connectivity index (χ0n) is 12.9. The highest BCUT2D eigenvalue weighted by atomic mass is 16.3. The average molecular weight is 316 g/mol. The lowest BCUT2D eigenvalue weighted by Gasteiger charge is -2.22. The fraction of sp³-hybridized carbons (Fsp3) is 0.412. The Morgan fingerprint density at radius 2 is 2.00 bits per heavy atom. The van der Waals surface area contributed by atoms with Gasteiger partial charge in [-0.25, -0.2) is 0 Å². The number of hydrogen-bond acceptors (Lipinski definition) is 4. The molecule has 0 N–H and O–H groups in total. The van der Waals surface area contributed by atoms with E-state index in [2.05, 4.69) is 0 Å². The maximum atomic E-state index is 12.6. The molecule has 1 fully saturated rings. The molecule has 0 unspecified atom stereocenters. The van der Waals surface area contributed by atoms with Crippen molar-refractivity contribution >= 4 is 11.8 Å². The molecule has 0 radical (unpaired) electrons. The summed E-state index contributed by atoms with van der Waals surface area (Å²) in [6.45, 7) is 2.35. The molecule has 3 heterocycles. The summed E-state index contributed by atoms with van der Waals surface area (Å²) in [4.78, 5) is 28.3. The third kappa shape index (κ3) is 3.83. The number of rotatable bonds is 6. The van der Waals surface area contributed by atoms with Crippen LogP contribution in [-0.2, 0) is 11.3 Å². The van der Waals surface area contributed by atoms with Crippen LogP contribution in [0.25, 0.3) is 0 Å². The summed E-state index contributed by atoms with van der Waals surface area (Å²) in [5.41, 5.74) is 0.477. The minimum absolute atomic E-state index is 0.104. The van der Waals surface area contributed by atoms with Crippen molar-refractivity contribution in [2.45, 2.75) is 25.8 Å². The van der Waals surface area contributed by atoms with Crippen LogP contribution >= 0.6 is 0 Å². The number of likely N-dealkylation sites (tertiary alicyclic amines) is 1. The summed E-state index contributed by atoms with van der Waals surface area (Å²) in [5.74, 6) is 0.631. The fourth-order valence-corrected chi connectivity index (χ4v) is 2.77. The zero-order valence-corrected chi connectivity index (χ0v) is 12.9. The lowest BCUT2D eigenvalue weighted by Crippen LogP contribution is -2.35. The highest BCUT2D eigenvalue weighted by Crippen LogP contribution is 2.14. The predicted molar refractivity (Wildman–Crippen MR) is 82.6 cm³/mol. The zero-order chi connectivity index (χ0) is 16.1. The third-order valence-electron chi connectivity index (χ3n) is 4.04. The van der Waals surface area contributed by atoms with Crippen molar-refractivity contribution < 1.29 is 18.4 Å². The van der Waals surface area contributed by atoms with E-state index in [0.29, 0.717) is 30.8 Å². The highest BCUT2D eigenvalue weighted by Gasteiger charge is 2.22. The Balaban J connectivity index is 1.64.